The molecule has 0 aliphatic carbocycles. The zero-order valence-electron chi connectivity index (χ0n) is 8.24. The lowest BCUT2D eigenvalue weighted by Gasteiger charge is -1.95. The van der Waals surface area contributed by atoms with Gasteiger partial charge in [0.05, 0.1) is 5.52 Å². The van der Waals surface area contributed by atoms with E-state index in [0.29, 0.717) is 15.5 Å². The monoisotopic (exact) mass is 297 g/mol. The van der Waals surface area contributed by atoms with Gasteiger partial charge in [-0.05, 0) is 22.0 Å². The van der Waals surface area contributed by atoms with E-state index in [1.165, 1.54) is 22.8 Å². The molecule has 2 heterocycles. The number of nitrogens with zero attached hydrogens (tertiary/aromatic N) is 2. The molecule has 17 heavy (non-hydrogen) atoms. The van der Waals surface area contributed by atoms with Crippen LogP contribution in [0.25, 0.3) is 16.7 Å². The first-order valence-electron chi connectivity index (χ1n) is 4.66. The van der Waals surface area contributed by atoms with Gasteiger partial charge in [0, 0.05) is 16.7 Å². The van der Waals surface area contributed by atoms with Crippen LogP contribution >= 0.6 is 15.9 Å². The molecule has 1 aromatic carbocycles. The normalized spacial score (nSPS) is 11.4. The number of carbonyl (C=O) groups is 1. The van der Waals surface area contributed by atoms with Crippen molar-refractivity contribution in [1.29, 1.82) is 0 Å². The number of aromatic carboxylic acids is 1. The predicted octanol–water partition coefficient (Wildman–Crippen LogP) is 2.42. The summed E-state index contributed by atoms with van der Waals surface area (Å²) in [5.74, 6) is -1.51. The molecule has 0 saturated heterocycles. The highest BCUT2D eigenvalue weighted by Crippen LogP contribution is 2.27. The minimum Gasteiger partial charge on any atom is -0.477 e. The maximum Gasteiger partial charge on any atom is 0.341 e. The minimum absolute atomic E-state index is 0.0495. The summed E-state index contributed by atoms with van der Waals surface area (Å²) >= 11 is 3.23. The number of aromatic amines is 1. The average Bonchev–Trinajstić information content (AvgIpc) is 2.73. The highest BCUT2D eigenvalue weighted by atomic mass is 79.9. The molecule has 3 rings (SSSR count). The molecule has 0 aliphatic rings. The molecular formula is C10H5BrFN3O2. The number of carboxylic acids is 1. The Kier molecular flexibility index (Phi) is 1.99. The SMILES string of the molecule is O=C(O)c1c[nH]n2c1nc1cc(F)cc(Br)c12. The summed E-state index contributed by atoms with van der Waals surface area (Å²) in [6.45, 7) is 0. The van der Waals surface area contributed by atoms with Crippen molar-refractivity contribution >= 4 is 38.6 Å². The summed E-state index contributed by atoms with van der Waals surface area (Å²) in [5.41, 5.74) is 1.31. The number of halogens is 2. The number of hydrogen-bond donors (Lipinski definition) is 2. The number of fused-ring (bicyclic) bond motifs is 3. The quantitative estimate of drug-likeness (QED) is 0.725. The second-order valence-electron chi connectivity index (χ2n) is 3.52. The standard InChI is InChI=1S/C10H5BrFN3O2/c11-6-1-4(12)2-7-8(6)15-9(14-7)5(3-13-15)10(16)17/h1-3,13H,(H,16,17). The third-order valence-electron chi connectivity index (χ3n) is 2.48. The van der Waals surface area contributed by atoms with E-state index in [-0.39, 0.29) is 11.2 Å². The van der Waals surface area contributed by atoms with E-state index in [4.69, 9.17) is 5.11 Å². The molecule has 2 N–H and O–H groups in total. The second-order valence-corrected chi connectivity index (χ2v) is 4.37. The van der Waals surface area contributed by atoms with Gasteiger partial charge < -0.3 is 5.11 Å². The zero-order valence-corrected chi connectivity index (χ0v) is 9.82. The molecule has 0 fully saturated rings. The van der Waals surface area contributed by atoms with E-state index in [9.17, 15) is 9.18 Å². The van der Waals surface area contributed by atoms with Gasteiger partial charge in [0.1, 0.15) is 16.9 Å². The molecule has 0 saturated carbocycles. The Morgan fingerprint density at radius 3 is 3.00 bits per heavy atom. The van der Waals surface area contributed by atoms with Crippen LogP contribution in [0.2, 0.25) is 0 Å². The number of imidazole rings is 1. The van der Waals surface area contributed by atoms with Crippen LogP contribution in [-0.4, -0.2) is 25.7 Å². The van der Waals surface area contributed by atoms with E-state index in [0.717, 1.165) is 0 Å². The maximum absolute atomic E-state index is 13.2. The van der Waals surface area contributed by atoms with Gasteiger partial charge in [-0.3, -0.25) is 5.10 Å². The van der Waals surface area contributed by atoms with Crippen molar-refractivity contribution in [2.24, 2.45) is 0 Å². The van der Waals surface area contributed by atoms with E-state index in [1.807, 2.05) is 0 Å². The van der Waals surface area contributed by atoms with Crippen LogP contribution in [0.5, 0.6) is 0 Å². The zero-order chi connectivity index (χ0) is 12.2. The van der Waals surface area contributed by atoms with E-state index in [1.54, 1.807) is 0 Å². The van der Waals surface area contributed by atoms with Gasteiger partial charge in [-0.15, -0.1) is 0 Å². The van der Waals surface area contributed by atoms with Crippen LogP contribution in [0.3, 0.4) is 0 Å². The summed E-state index contributed by atoms with van der Waals surface area (Å²) in [7, 11) is 0. The summed E-state index contributed by atoms with van der Waals surface area (Å²) in [5, 5.41) is 11.7. The molecule has 0 atom stereocenters. The molecule has 7 heteroatoms. The van der Waals surface area contributed by atoms with Gasteiger partial charge in [-0.1, -0.05) is 0 Å². The van der Waals surface area contributed by atoms with Gasteiger partial charge in [0.15, 0.2) is 5.65 Å². The van der Waals surface area contributed by atoms with E-state index >= 15 is 0 Å². The number of nitrogens with one attached hydrogen (secondary N) is 1. The van der Waals surface area contributed by atoms with Crippen molar-refractivity contribution in [2.45, 2.75) is 0 Å². The van der Waals surface area contributed by atoms with Crippen molar-refractivity contribution in [2.75, 3.05) is 0 Å². The van der Waals surface area contributed by atoms with Crippen molar-refractivity contribution in [3.05, 3.63) is 34.2 Å². The third-order valence-corrected chi connectivity index (χ3v) is 3.08. The van der Waals surface area contributed by atoms with Gasteiger partial charge in [-0.25, -0.2) is 18.7 Å². The fourth-order valence-electron chi connectivity index (χ4n) is 1.79. The topological polar surface area (TPSA) is 70.4 Å². The molecule has 0 amide bonds. The average molecular weight is 298 g/mol. The lowest BCUT2D eigenvalue weighted by atomic mass is 10.3. The van der Waals surface area contributed by atoms with E-state index < -0.39 is 11.8 Å². The van der Waals surface area contributed by atoms with Crippen molar-refractivity contribution in [1.82, 2.24) is 14.6 Å². The van der Waals surface area contributed by atoms with Gasteiger partial charge in [-0.2, -0.15) is 0 Å². The lowest BCUT2D eigenvalue weighted by Crippen LogP contribution is -1.94. The van der Waals surface area contributed by atoms with Crippen LogP contribution in [0, 0.1) is 5.82 Å². The van der Waals surface area contributed by atoms with Crippen LogP contribution in [0.4, 0.5) is 4.39 Å². The van der Waals surface area contributed by atoms with Gasteiger partial charge in [0.2, 0.25) is 0 Å². The summed E-state index contributed by atoms with van der Waals surface area (Å²) in [6, 6.07) is 2.56. The number of rotatable bonds is 1. The van der Waals surface area contributed by atoms with Crippen molar-refractivity contribution in [3.63, 3.8) is 0 Å². The Labute approximate surface area is 102 Å². The number of benzene rings is 1. The Balaban J connectivity index is 2.51. The highest BCUT2D eigenvalue weighted by molar-refractivity contribution is 9.10. The summed E-state index contributed by atoms with van der Waals surface area (Å²) in [4.78, 5) is 15.0. The Bertz CT molecular complexity index is 762. The summed E-state index contributed by atoms with van der Waals surface area (Å²) < 4.78 is 15.2. The maximum atomic E-state index is 13.2. The number of aromatic nitrogens is 3. The lowest BCUT2D eigenvalue weighted by molar-refractivity contribution is 0.0699. The number of hydrogen-bond acceptors (Lipinski definition) is 2. The van der Waals surface area contributed by atoms with Gasteiger partial charge >= 0.3 is 5.97 Å². The molecule has 5 nitrogen and oxygen atoms in total. The molecule has 2 aromatic heterocycles. The third kappa shape index (κ3) is 1.35. The minimum atomic E-state index is -1.08. The molecule has 0 radical (unpaired) electrons. The molecular weight excluding hydrogens is 293 g/mol. The highest BCUT2D eigenvalue weighted by Gasteiger charge is 2.17. The Morgan fingerprint density at radius 2 is 2.29 bits per heavy atom. The fourth-order valence-corrected chi connectivity index (χ4v) is 2.39. The molecule has 86 valence electrons. The van der Waals surface area contributed by atoms with Crippen molar-refractivity contribution in [3.8, 4) is 0 Å². The number of H-pyrrole nitrogens is 1. The molecule has 3 aromatic rings. The van der Waals surface area contributed by atoms with Gasteiger partial charge in [0.25, 0.3) is 0 Å². The molecule has 0 unspecified atom stereocenters. The van der Waals surface area contributed by atoms with Crippen molar-refractivity contribution < 1.29 is 14.3 Å². The van der Waals surface area contributed by atoms with Crippen LogP contribution < -0.4 is 0 Å². The number of carboxylic acid groups (broad SMARTS) is 1. The Morgan fingerprint density at radius 1 is 1.53 bits per heavy atom. The first-order valence-corrected chi connectivity index (χ1v) is 5.45. The smallest absolute Gasteiger partial charge is 0.341 e. The molecule has 0 bridgehead atoms. The Hall–Kier alpha value is -1.89. The van der Waals surface area contributed by atoms with Crippen LogP contribution in [0.1, 0.15) is 10.4 Å². The second kappa shape index (κ2) is 3.30. The first-order chi connectivity index (χ1) is 8.08. The van der Waals surface area contributed by atoms with E-state index in [2.05, 4.69) is 26.0 Å². The first kappa shape index (κ1) is 10.3. The van der Waals surface area contributed by atoms with Crippen LogP contribution in [-0.2, 0) is 0 Å². The predicted molar refractivity (Wildman–Crippen MR) is 61.7 cm³/mol. The fraction of sp³-hybridized carbons (Fsp3) is 0. The summed E-state index contributed by atoms with van der Waals surface area (Å²) in [6.07, 6.45) is 1.35. The molecule has 0 spiro atoms. The van der Waals surface area contributed by atoms with Crippen LogP contribution in [0.15, 0.2) is 22.8 Å². The molecule has 0 aliphatic heterocycles. The largest absolute Gasteiger partial charge is 0.477 e.